The first-order chi connectivity index (χ1) is 11.8. The normalized spacial score (nSPS) is 13.8. The zero-order valence-corrected chi connectivity index (χ0v) is 15.6. The molecule has 132 valence electrons. The number of hydrogen-bond donors (Lipinski definition) is 1. The Hall–Kier alpha value is -1.57. The van der Waals surface area contributed by atoms with Crippen LogP contribution in [0.2, 0.25) is 0 Å². The molecule has 0 aliphatic heterocycles. The molecule has 0 aliphatic carbocycles. The summed E-state index contributed by atoms with van der Waals surface area (Å²) in [5.41, 5.74) is 1.48. The lowest BCUT2D eigenvalue weighted by Crippen LogP contribution is -2.42. The summed E-state index contributed by atoms with van der Waals surface area (Å²) in [4.78, 5) is 3.24. The second kappa shape index (κ2) is 11.1. The zero-order valence-electron chi connectivity index (χ0n) is 15.6. The van der Waals surface area contributed by atoms with Crippen LogP contribution in [0.3, 0.4) is 0 Å². The van der Waals surface area contributed by atoms with Crippen LogP contribution in [0.5, 0.6) is 0 Å². The van der Waals surface area contributed by atoms with Crippen molar-refractivity contribution >= 4 is 0 Å². The second-order valence-electron chi connectivity index (χ2n) is 7.07. The molecule has 0 radical (unpaired) electrons. The van der Waals surface area contributed by atoms with Crippen LogP contribution >= 0.6 is 0 Å². The molecule has 2 rings (SSSR count). The van der Waals surface area contributed by atoms with Crippen LogP contribution in [0.25, 0.3) is 0 Å². The number of rotatable bonds is 12. The Labute approximate surface area is 148 Å². The van der Waals surface area contributed by atoms with Crippen LogP contribution in [-0.2, 0) is 6.42 Å². The predicted octanol–water partition coefficient (Wildman–Crippen LogP) is 5.86. The largest absolute Gasteiger partial charge is 0.250 e. The van der Waals surface area contributed by atoms with Crippen molar-refractivity contribution in [1.82, 2.24) is 4.98 Å². The highest BCUT2D eigenvalue weighted by Crippen LogP contribution is 2.27. The Morgan fingerprint density at radius 2 is 1.71 bits per heavy atom. The van der Waals surface area contributed by atoms with Gasteiger partial charge < -0.3 is 0 Å². The molecule has 0 saturated carbocycles. The fraction of sp³-hybridized carbons (Fsp3) is 0.591. The molecule has 0 saturated heterocycles. The van der Waals surface area contributed by atoms with Crippen LogP contribution in [0.15, 0.2) is 49.1 Å². The van der Waals surface area contributed by atoms with Gasteiger partial charge in [-0.25, -0.2) is 4.57 Å². The first-order valence-corrected chi connectivity index (χ1v) is 9.92. The quantitative estimate of drug-likeness (QED) is 0.372. The third-order valence-electron chi connectivity index (χ3n) is 5.10. The summed E-state index contributed by atoms with van der Waals surface area (Å²) in [6.07, 6.45) is 18.3. The highest BCUT2D eigenvalue weighted by Gasteiger charge is 2.26. The number of aromatic amines is 1. The van der Waals surface area contributed by atoms with E-state index >= 15 is 0 Å². The maximum Gasteiger partial charge on any atom is 0.241 e. The van der Waals surface area contributed by atoms with Crippen molar-refractivity contribution in [2.24, 2.45) is 5.92 Å². The van der Waals surface area contributed by atoms with Gasteiger partial charge in [0, 0.05) is 5.92 Å². The third-order valence-corrected chi connectivity index (χ3v) is 5.10. The van der Waals surface area contributed by atoms with Crippen molar-refractivity contribution in [2.45, 2.75) is 77.7 Å². The van der Waals surface area contributed by atoms with E-state index < -0.39 is 0 Å². The summed E-state index contributed by atoms with van der Waals surface area (Å²) in [6, 6.07) is 11.6. The van der Waals surface area contributed by atoms with Gasteiger partial charge in [0.15, 0.2) is 0 Å². The molecule has 2 nitrogen and oxygen atoms in total. The number of benzene rings is 1. The fourth-order valence-corrected chi connectivity index (χ4v) is 3.81. The number of aromatic nitrogens is 2. The number of nitrogens with zero attached hydrogens (tertiary/aromatic N) is 1. The molecular formula is C22H35N2+. The summed E-state index contributed by atoms with van der Waals surface area (Å²) in [6.45, 7) is 4.60. The van der Waals surface area contributed by atoms with Gasteiger partial charge in [0.05, 0.1) is 0 Å². The molecule has 1 aromatic carbocycles. The Balaban J connectivity index is 2.03. The summed E-state index contributed by atoms with van der Waals surface area (Å²) in [7, 11) is 0. The van der Waals surface area contributed by atoms with Crippen LogP contribution in [0, 0.1) is 5.92 Å². The molecule has 0 amide bonds. The van der Waals surface area contributed by atoms with E-state index in [1.54, 1.807) is 0 Å². The summed E-state index contributed by atoms with van der Waals surface area (Å²) in [5, 5.41) is 0. The number of hydrogen-bond acceptors (Lipinski definition) is 0. The topological polar surface area (TPSA) is 19.7 Å². The van der Waals surface area contributed by atoms with Crippen LogP contribution in [0.4, 0.5) is 0 Å². The summed E-state index contributed by atoms with van der Waals surface area (Å²) < 4.78 is 2.42. The van der Waals surface area contributed by atoms with E-state index in [1.165, 1.54) is 63.4 Å². The van der Waals surface area contributed by atoms with Gasteiger partial charge in [-0.05, 0) is 31.2 Å². The van der Waals surface area contributed by atoms with E-state index in [9.17, 15) is 0 Å². The van der Waals surface area contributed by atoms with Gasteiger partial charge in [0.1, 0.15) is 18.4 Å². The SMILES string of the molecule is CCCCCCCC(C(CCC)Cc1ccccc1)[n+]1cc[nH]c1. The average molecular weight is 328 g/mol. The van der Waals surface area contributed by atoms with Gasteiger partial charge in [-0.2, -0.15) is 0 Å². The van der Waals surface area contributed by atoms with E-state index in [0.29, 0.717) is 12.0 Å². The van der Waals surface area contributed by atoms with Crippen molar-refractivity contribution in [2.75, 3.05) is 0 Å². The highest BCUT2D eigenvalue weighted by atomic mass is 15.1. The molecule has 0 bridgehead atoms. The Kier molecular flexibility index (Phi) is 8.65. The van der Waals surface area contributed by atoms with E-state index in [-0.39, 0.29) is 0 Å². The monoisotopic (exact) mass is 327 g/mol. The van der Waals surface area contributed by atoms with Crippen molar-refractivity contribution in [3.05, 3.63) is 54.6 Å². The number of nitrogens with one attached hydrogen (secondary N) is 1. The molecular weight excluding hydrogens is 292 g/mol. The van der Waals surface area contributed by atoms with Crippen molar-refractivity contribution < 1.29 is 4.57 Å². The molecule has 2 aromatic rings. The van der Waals surface area contributed by atoms with Gasteiger partial charge in [-0.15, -0.1) is 0 Å². The Morgan fingerprint density at radius 1 is 0.917 bits per heavy atom. The molecule has 0 aliphatic rings. The molecule has 1 heterocycles. The average Bonchev–Trinajstić information content (AvgIpc) is 3.13. The first kappa shape index (κ1) is 18.8. The van der Waals surface area contributed by atoms with Crippen LogP contribution < -0.4 is 4.57 Å². The standard InChI is InChI=1S/C22H34N2/c1-3-5-6-7-11-15-22(24-17-16-23-19-24)21(12-4-2)18-20-13-9-8-10-14-20/h8-10,13-14,16-17,19,21-22H,3-7,11-12,15,18H2,1-2H3/p+1. The molecule has 0 spiro atoms. The smallest absolute Gasteiger partial charge is 0.241 e. The van der Waals surface area contributed by atoms with E-state index in [4.69, 9.17) is 0 Å². The molecule has 1 N–H and O–H groups in total. The number of unbranched alkanes of at least 4 members (excludes halogenated alkanes) is 4. The molecule has 2 unspecified atom stereocenters. The minimum atomic E-state index is 0.609. The summed E-state index contributed by atoms with van der Waals surface area (Å²) in [5.74, 6) is 0.712. The number of H-pyrrole nitrogens is 1. The maximum absolute atomic E-state index is 3.24. The number of imidazole rings is 1. The van der Waals surface area contributed by atoms with Crippen LogP contribution in [0.1, 0.15) is 76.8 Å². The van der Waals surface area contributed by atoms with Gasteiger partial charge in [-0.3, -0.25) is 4.98 Å². The minimum Gasteiger partial charge on any atom is -0.250 e. The lowest BCUT2D eigenvalue weighted by molar-refractivity contribution is -0.730. The second-order valence-corrected chi connectivity index (χ2v) is 7.07. The lowest BCUT2D eigenvalue weighted by atomic mass is 9.85. The van der Waals surface area contributed by atoms with E-state index in [0.717, 1.165) is 0 Å². The van der Waals surface area contributed by atoms with Crippen LogP contribution in [-0.4, -0.2) is 4.98 Å². The lowest BCUT2D eigenvalue weighted by Gasteiger charge is -2.25. The van der Waals surface area contributed by atoms with Gasteiger partial charge in [0.25, 0.3) is 0 Å². The minimum absolute atomic E-state index is 0.609. The molecule has 24 heavy (non-hydrogen) atoms. The van der Waals surface area contributed by atoms with E-state index in [1.807, 2.05) is 0 Å². The fourth-order valence-electron chi connectivity index (χ4n) is 3.81. The third kappa shape index (κ3) is 6.14. The molecule has 0 fully saturated rings. The zero-order chi connectivity index (χ0) is 17.0. The summed E-state index contributed by atoms with van der Waals surface area (Å²) >= 11 is 0. The first-order valence-electron chi connectivity index (χ1n) is 9.92. The maximum atomic E-state index is 3.24. The van der Waals surface area contributed by atoms with Gasteiger partial charge in [0.2, 0.25) is 6.33 Å². The van der Waals surface area contributed by atoms with Gasteiger partial charge in [-0.1, -0.05) is 76.3 Å². The predicted molar refractivity (Wildman–Crippen MR) is 102 cm³/mol. The molecule has 1 aromatic heterocycles. The van der Waals surface area contributed by atoms with Crippen molar-refractivity contribution in [3.63, 3.8) is 0 Å². The highest BCUT2D eigenvalue weighted by molar-refractivity contribution is 5.15. The van der Waals surface area contributed by atoms with Gasteiger partial charge >= 0.3 is 0 Å². The van der Waals surface area contributed by atoms with Crippen molar-refractivity contribution in [1.29, 1.82) is 0 Å². The van der Waals surface area contributed by atoms with Crippen molar-refractivity contribution in [3.8, 4) is 0 Å². The Bertz CT molecular complexity index is 518. The molecule has 2 atom stereocenters. The molecule has 2 heteroatoms. The van der Waals surface area contributed by atoms with E-state index in [2.05, 4.69) is 72.5 Å². The Morgan fingerprint density at radius 3 is 2.38 bits per heavy atom.